The lowest BCUT2D eigenvalue weighted by atomic mass is 9.86. The summed E-state index contributed by atoms with van der Waals surface area (Å²) < 4.78 is 0. The van der Waals surface area contributed by atoms with Crippen LogP contribution in [0.25, 0.3) is 0 Å². The van der Waals surface area contributed by atoms with Gasteiger partial charge in [-0.05, 0) is 58.7 Å². The highest BCUT2D eigenvalue weighted by Crippen LogP contribution is 2.32. The van der Waals surface area contributed by atoms with Gasteiger partial charge in [0.2, 0.25) is 11.9 Å². The molecular formula is C19H31N5O. The maximum Gasteiger partial charge on any atom is 0.242 e. The standard InChI is InChI=1S/C19H31N5O/c1-19(10-5-6-12-23(19)4)17(25)24-13-8-15(9-14-24)16-7-11-20-18(21-16)22(2)3/h7,11,15H,5-6,8-10,12-14H2,1-4H3. The van der Waals surface area contributed by atoms with E-state index in [1.807, 2.05) is 31.3 Å². The smallest absolute Gasteiger partial charge is 0.242 e. The Bertz CT molecular complexity index is 612. The van der Waals surface area contributed by atoms with Crippen molar-refractivity contribution in [1.29, 1.82) is 0 Å². The monoisotopic (exact) mass is 345 g/mol. The normalized spacial score (nSPS) is 25.8. The third-order valence-corrected chi connectivity index (χ3v) is 5.98. The van der Waals surface area contributed by atoms with Crippen molar-refractivity contribution >= 4 is 11.9 Å². The number of likely N-dealkylation sites (N-methyl/N-ethyl adjacent to an activating group) is 1. The van der Waals surface area contributed by atoms with E-state index in [1.54, 1.807) is 0 Å². The van der Waals surface area contributed by atoms with E-state index in [0.717, 1.165) is 57.0 Å². The molecule has 1 aromatic rings. The SMILES string of the molecule is CN(C)c1nccc(C2CCN(C(=O)C3(C)CCCCN3C)CC2)n1. The second-order valence-electron chi connectivity index (χ2n) is 7.89. The van der Waals surface area contributed by atoms with Crippen molar-refractivity contribution in [2.45, 2.75) is 50.5 Å². The first-order valence-corrected chi connectivity index (χ1v) is 9.43. The number of amides is 1. The summed E-state index contributed by atoms with van der Waals surface area (Å²) in [5.74, 6) is 1.49. The molecule has 1 aromatic heterocycles. The van der Waals surface area contributed by atoms with Crippen molar-refractivity contribution in [2.24, 2.45) is 0 Å². The molecule has 2 aliphatic heterocycles. The van der Waals surface area contributed by atoms with E-state index in [1.165, 1.54) is 6.42 Å². The number of aromatic nitrogens is 2. The Morgan fingerprint density at radius 1 is 1.24 bits per heavy atom. The minimum Gasteiger partial charge on any atom is -0.347 e. The van der Waals surface area contributed by atoms with Crippen LogP contribution in [0.5, 0.6) is 0 Å². The lowest BCUT2D eigenvalue weighted by molar-refractivity contribution is -0.146. The molecule has 3 heterocycles. The summed E-state index contributed by atoms with van der Waals surface area (Å²) in [4.78, 5) is 28.4. The molecule has 0 aliphatic carbocycles. The molecule has 2 fully saturated rings. The van der Waals surface area contributed by atoms with Crippen molar-refractivity contribution in [2.75, 3.05) is 45.7 Å². The largest absolute Gasteiger partial charge is 0.347 e. The summed E-state index contributed by atoms with van der Waals surface area (Å²) in [5, 5.41) is 0. The van der Waals surface area contributed by atoms with Crippen LogP contribution in [-0.2, 0) is 4.79 Å². The van der Waals surface area contributed by atoms with Crippen molar-refractivity contribution in [3.63, 3.8) is 0 Å². The molecule has 6 heteroatoms. The molecule has 1 unspecified atom stereocenters. The van der Waals surface area contributed by atoms with Gasteiger partial charge in [0.25, 0.3) is 0 Å². The predicted molar refractivity (Wildman–Crippen MR) is 99.8 cm³/mol. The topological polar surface area (TPSA) is 52.6 Å². The molecule has 1 amide bonds. The first kappa shape index (κ1) is 18.1. The van der Waals surface area contributed by atoms with Gasteiger partial charge in [0.1, 0.15) is 0 Å². The van der Waals surface area contributed by atoms with Crippen LogP contribution >= 0.6 is 0 Å². The summed E-state index contributed by atoms with van der Waals surface area (Å²) in [5.41, 5.74) is 0.782. The predicted octanol–water partition coefficient (Wildman–Crippen LogP) is 2.12. The molecule has 0 bridgehead atoms. The van der Waals surface area contributed by atoms with Crippen molar-refractivity contribution in [3.05, 3.63) is 18.0 Å². The molecule has 0 saturated carbocycles. The molecule has 3 rings (SSSR count). The van der Waals surface area contributed by atoms with Crippen LogP contribution in [0, 0.1) is 0 Å². The molecule has 2 saturated heterocycles. The lowest BCUT2D eigenvalue weighted by Crippen LogP contribution is -2.59. The number of rotatable bonds is 3. The van der Waals surface area contributed by atoms with E-state index in [2.05, 4.69) is 33.7 Å². The fourth-order valence-electron chi connectivity index (χ4n) is 4.05. The first-order chi connectivity index (χ1) is 11.9. The summed E-state index contributed by atoms with van der Waals surface area (Å²) in [6, 6.07) is 2.02. The average Bonchev–Trinajstić information content (AvgIpc) is 2.64. The van der Waals surface area contributed by atoms with Crippen LogP contribution in [-0.4, -0.2) is 72.0 Å². The molecule has 138 valence electrons. The van der Waals surface area contributed by atoms with Crippen LogP contribution < -0.4 is 4.90 Å². The summed E-state index contributed by atoms with van der Waals surface area (Å²) in [7, 11) is 6.01. The van der Waals surface area contributed by atoms with Crippen molar-refractivity contribution in [1.82, 2.24) is 19.8 Å². The van der Waals surface area contributed by atoms with E-state index in [-0.39, 0.29) is 5.54 Å². The zero-order valence-electron chi connectivity index (χ0n) is 16.0. The van der Waals surface area contributed by atoms with Crippen LogP contribution in [0.2, 0.25) is 0 Å². The number of hydrogen-bond acceptors (Lipinski definition) is 5. The number of piperidine rings is 2. The van der Waals surface area contributed by atoms with E-state index in [0.29, 0.717) is 11.8 Å². The number of likely N-dealkylation sites (tertiary alicyclic amines) is 2. The Hall–Kier alpha value is -1.69. The lowest BCUT2D eigenvalue weighted by Gasteiger charge is -2.45. The molecule has 25 heavy (non-hydrogen) atoms. The van der Waals surface area contributed by atoms with Crippen LogP contribution in [0.4, 0.5) is 5.95 Å². The van der Waals surface area contributed by atoms with E-state index >= 15 is 0 Å². The van der Waals surface area contributed by atoms with Gasteiger partial charge < -0.3 is 9.80 Å². The average molecular weight is 345 g/mol. The van der Waals surface area contributed by atoms with Crippen LogP contribution in [0.3, 0.4) is 0 Å². The zero-order chi connectivity index (χ0) is 18.0. The molecule has 1 atom stereocenters. The number of hydrogen-bond donors (Lipinski definition) is 0. The Morgan fingerprint density at radius 3 is 2.60 bits per heavy atom. The fourth-order valence-corrected chi connectivity index (χ4v) is 4.05. The number of carbonyl (C=O) groups is 1. The molecule has 0 spiro atoms. The third-order valence-electron chi connectivity index (χ3n) is 5.98. The first-order valence-electron chi connectivity index (χ1n) is 9.43. The van der Waals surface area contributed by atoms with Crippen molar-refractivity contribution in [3.8, 4) is 0 Å². The minimum atomic E-state index is -0.321. The zero-order valence-corrected chi connectivity index (χ0v) is 16.0. The molecule has 0 aromatic carbocycles. The van der Waals surface area contributed by atoms with Gasteiger partial charge >= 0.3 is 0 Å². The van der Waals surface area contributed by atoms with E-state index in [9.17, 15) is 4.79 Å². The van der Waals surface area contributed by atoms with Gasteiger partial charge in [0.05, 0.1) is 5.54 Å². The highest BCUT2D eigenvalue weighted by atomic mass is 16.2. The maximum absolute atomic E-state index is 13.1. The van der Waals surface area contributed by atoms with Crippen LogP contribution in [0.1, 0.15) is 50.6 Å². The van der Waals surface area contributed by atoms with Gasteiger partial charge in [-0.3, -0.25) is 9.69 Å². The second-order valence-corrected chi connectivity index (χ2v) is 7.89. The molecular weight excluding hydrogens is 314 g/mol. The van der Waals surface area contributed by atoms with Gasteiger partial charge in [0, 0.05) is 45.0 Å². The minimum absolute atomic E-state index is 0.310. The van der Waals surface area contributed by atoms with Gasteiger partial charge in [-0.1, -0.05) is 0 Å². The number of anilines is 1. The third kappa shape index (κ3) is 3.64. The molecule has 6 nitrogen and oxygen atoms in total. The fraction of sp³-hybridized carbons (Fsp3) is 0.737. The van der Waals surface area contributed by atoms with E-state index in [4.69, 9.17) is 0 Å². The summed E-state index contributed by atoms with van der Waals surface area (Å²) >= 11 is 0. The quantitative estimate of drug-likeness (QED) is 0.840. The maximum atomic E-state index is 13.1. The van der Waals surface area contributed by atoms with Crippen molar-refractivity contribution < 1.29 is 4.79 Å². The van der Waals surface area contributed by atoms with Crippen LogP contribution in [0.15, 0.2) is 12.3 Å². The Balaban J connectivity index is 1.64. The Morgan fingerprint density at radius 2 is 1.96 bits per heavy atom. The Labute approximate surface area is 151 Å². The summed E-state index contributed by atoms with van der Waals surface area (Å²) in [6.07, 6.45) is 7.12. The summed E-state index contributed by atoms with van der Waals surface area (Å²) in [6.45, 7) is 4.80. The highest BCUT2D eigenvalue weighted by molar-refractivity contribution is 5.86. The Kier molecular flexibility index (Phi) is 5.27. The van der Waals surface area contributed by atoms with Gasteiger partial charge in [0.15, 0.2) is 0 Å². The van der Waals surface area contributed by atoms with Gasteiger partial charge in [-0.25, -0.2) is 9.97 Å². The van der Waals surface area contributed by atoms with E-state index < -0.39 is 0 Å². The molecule has 0 N–H and O–H groups in total. The van der Waals surface area contributed by atoms with Gasteiger partial charge in [-0.15, -0.1) is 0 Å². The number of carbonyl (C=O) groups excluding carboxylic acids is 1. The molecule has 0 radical (unpaired) electrons. The highest BCUT2D eigenvalue weighted by Gasteiger charge is 2.42. The van der Waals surface area contributed by atoms with Gasteiger partial charge in [-0.2, -0.15) is 0 Å². The number of nitrogens with zero attached hydrogens (tertiary/aromatic N) is 5. The second kappa shape index (κ2) is 7.28. The molecule has 2 aliphatic rings.